The minimum Gasteiger partial charge on any atom is -0.483 e. The smallest absolute Gasteiger partial charge is 0.264 e. The highest BCUT2D eigenvalue weighted by Crippen LogP contribution is 2.19. The van der Waals surface area contributed by atoms with E-state index in [1.54, 1.807) is 6.07 Å². The van der Waals surface area contributed by atoms with E-state index in [2.05, 4.69) is 20.0 Å². The average molecular weight is 412 g/mol. The summed E-state index contributed by atoms with van der Waals surface area (Å²) in [5, 5.41) is 2.67. The van der Waals surface area contributed by atoms with E-state index in [9.17, 15) is 13.2 Å². The number of hydrogen-bond donors (Lipinski definition) is 2. The Kier molecular flexibility index (Phi) is 6.08. The summed E-state index contributed by atoms with van der Waals surface area (Å²) in [5.41, 5.74) is 2.51. The Morgan fingerprint density at radius 1 is 1.03 bits per heavy atom. The first-order chi connectivity index (χ1) is 13.8. The van der Waals surface area contributed by atoms with Gasteiger partial charge in [-0.2, -0.15) is 0 Å². The van der Waals surface area contributed by atoms with Crippen molar-refractivity contribution in [2.75, 3.05) is 16.6 Å². The van der Waals surface area contributed by atoms with Crippen molar-refractivity contribution in [1.82, 2.24) is 9.97 Å². The molecule has 2 aromatic carbocycles. The van der Waals surface area contributed by atoms with Crippen LogP contribution in [-0.2, 0) is 14.8 Å². The van der Waals surface area contributed by atoms with Gasteiger partial charge in [0.15, 0.2) is 6.61 Å². The molecule has 29 heavy (non-hydrogen) atoms. The van der Waals surface area contributed by atoms with Crippen LogP contribution in [0, 0.1) is 13.8 Å². The van der Waals surface area contributed by atoms with Crippen LogP contribution in [0.2, 0.25) is 0 Å². The maximum atomic E-state index is 12.4. The quantitative estimate of drug-likeness (QED) is 0.617. The molecule has 1 amide bonds. The number of ether oxygens (including phenoxy) is 1. The Morgan fingerprint density at radius 3 is 2.38 bits per heavy atom. The van der Waals surface area contributed by atoms with Crippen molar-refractivity contribution in [3.63, 3.8) is 0 Å². The molecular weight excluding hydrogens is 392 g/mol. The fourth-order valence-electron chi connectivity index (χ4n) is 2.55. The Morgan fingerprint density at radius 2 is 1.72 bits per heavy atom. The number of aromatic nitrogens is 2. The van der Waals surface area contributed by atoms with Crippen LogP contribution in [0.4, 0.5) is 11.6 Å². The van der Waals surface area contributed by atoms with E-state index in [4.69, 9.17) is 4.74 Å². The van der Waals surface area contributed by atoms with Crippen molar-refractivity contribution < 1.29 is 17.9 Å². The maximum absolute atomic E-state index is 12.4. The summed E-state index contributed by atoms with van der Waals surface area (Å²) >= 11 is 0. The molecule has 0 bridgehead atoms. The van der Waals surface area contributed by atoms with E-state index < -0.39 is 10.0 Å². The fraction of sp³-hybridized carbons (Fsp3) is 0.150. The van der Waals surface area contributed by atoms with Gasteiger partial charge in [-0.25, -0.2) is 23.1 Å². The molecule has 9 heteroatoms. The molecule has 0 aliphatic heterocycles. The molecule has 2 N–H and O–H groups in total. The molecule has 0 spiro atoms. The molecule has 0 unspecified atom stereocenters. The van der Waals surface area contributed by atoms with Crippen molar-refractivity contribution in [2.24, 2.45) is 0 Å². The zero-order valence-corrected chi connectivity index (χ0v) is 16.7. The van der Waals surface area contributed by atoms with Gasteiger partial charge in [0.05, 0.1) is 4.90 Å². The number of carbonyl (C=O) groups is 1. The predicted molar refractivity (Wildman–Crippen MR) is 109 cm³/mol. The molecule has 0 aliphatic carbocycles. The number of aryl methyl sites for hydroxylation is 2. The van der Waals surface area contributed by atoms with Gasteiger partial charge in [0.25, 0.3) is 15.9 Å². The van der Waals surface area contributed by atoms with Gasteiger partial charge >= 0.3 is 0 Å². The van der Waals surface area contributed by atoms with Gasteiger partial charge in [0.2, 0.25) is 5.95 Å². The van der Waals surface area contributed by atoms with Crippen molar-refractivity contribution in [1.29, 1.82) is 0 Å². The monoisotopic (exact) mass is 412 g/mol. The van der Waals surface area contributed by atoms with Crippen LogP contribution in [0.5, 0.6) is 5.75 Å². The van der Waals surface area contributed by atoms with Crippen molar-refractivity contribution in [2.45, 2.75) is 18.7 Å². The Bertz CT molecular complexity index is 1100. The first-order valence-corrected chi connectivity index (χ1v) is 10.2. The number of amides is 1. The molecule has 0 saturated heterocycles. The minimum absolute atomic E-state index is 0.0200. The minimum atomic E-state index is -3.83. The topological polar surface area (TPSA) is 110 Å². The van der Waals surface area contributed by atoms with Gasteiger partial charge in [-0.15, -0.1) is 0 Å². The third-order valence-electron chi connectivity index (χ3n) is 3.93. The zero-order valence-electron chi connectivity index (χ0n) is 15.9. The molecule has 0 fully saturated rings. The summed E-state index contributed by atoms with van der Waals surface area (Å²) in [5.74, 6) is 0.270. The highest BCUT2D eigenvalue weighted by molar-refractivity contribution is 7.92. The summed E-state index contributed by atoms with van der Waals surface area (Å²) in [6.45, 7) is 3.74. The first-order valence-electron chi connectivity index (χ1n) is 8.73. The number of anilines is 2. The van der Waals surface area contributed by atoms with Crippen LogP contribution in [-0.4, -0.2) is 30.9 Å². The second kappa shape index (κ2) is 8.70. The second-order valence-electron chi connectivity index (χ2n) is 6.31. The number of rotatable bonds is 7. The number of nitrogens with zero attached hydrogens (tertiary/aromatic N) is 2. The lowest BCUT2D eigenvalue weighted by Crippen LogP contribution is -2.20. The number of sulfonamides is 1. The van der Waals surface area contributed by atoms with Gasteiger partial charge < -0.3 is 10.1 Å². The molecule has 0 saturated carbocycles. The summed E-state index contributed by atoms with van der Waals surface area (Å²) < 4.78 is 32.5. The van der Waals surface area contributed by atoms with E-state index >= 15 is 0 Å². The van der Waals surface area contributed by atoms with Gasteiger partial charge in [-0.3, -0.25) is 4.79 Å². The van der Waals surface area contributed by atoms with Crippen molar-refractivity contribution in [3.05, 3.63) is 72.1 Å². The van der Waals surface area contributed by atoms with E-state index in [0.717, 1.165) is 11.1 Å². The third kappa shape index (κ3) is 5.52. The summed E-state index contributed by atoms with van der Waals surface area (Å²) in [7, 11) is -3.83. The van der Waals surface area contributed by atoms with Crippen LogP contribution < -0.4 is 14.8 Å². The Labute approximate surface area is 169 Å². The number of benzene rings is 2. The summed E-state index contributed by atoms with van der Waals surface area (Å²) in [4.78, 5) is 19.8. The standard InChI is InChI=1S/C20H20N4O4S/c1-14-4-9-18(15(2)12-14)28-13-19(25)23-16-5-7-17(8-6-16)29(26,27)24-20-21-10-3-11-22-20/h3-12H,13H2,1-2H3,(H,23,25)(H,21,22,24). The van der Waals surface area contributed by atoms with Crippen LogP contribution >= 0.6 is 0 Å². The first kappa shape index (κ1) is 20.3. The zero-order chi connectivity index (χ0) is 20.9. The normalized spacial score (nSPS) is 11.0. The molecule has 3 aromatic rings. The van der Waals surface area contributed by atoms with E-state index in [0.29, 0.717) is 11.4 Å². The van der Waals surface area contributed by atoms with Gasteiger partial charge in [-0.05, 0) is 55.8 Å². The summed E-state index contributed by atoms with van der Waals surface area (Å²) in [6.07, 6.45) is 2.87. The van der Waals surface area contributed by atoms with E-state index in [-0.39, 0.29) is 23.4 Å². The van der Waals surface area contributed by atoms with Crippen molar-refractivity contribution >= 4 is 27.6 Å². The SMILES string of the molecule is Cc1ccc(OCC(=O)Nc2ccc(S(=O)(=O)Nc3ncccn3)cc2)c(C)c1. The molecule has 150 valence electrons. The predicted octanol–water partition coefficient (Wildman–Crippen LogP) is 2.91. The summed E-state index contributed by atoms with van der Waals surface area (Å²) in [6, 6.07) is 13.0. The molecule has 1 heterocycles. The van der Waals surface area contributed by atoms with Crippen LogP contribution in [0.1, 0.15) is 11.1 Å². The fourth-order valence-corrected chi connectivity index (χ4v) is 3.51. The largest absolute Gasteiger partial charge is 0.483 e. The molecule has 0 radical (unpaired) electrons. The molecular formula is C20H20N4O4S. The third-order valence-corrected chi connectivity index (χ3v) is 5.27. The Balaban J connectivity index is 1.59. The highest BCUT2D eigenvalue weighted by atomic mass is 32.2. The van der Waals surface area contributed by atoms with E-state index in [1.165, 1.54) is 36.7 Å². The lowest BCUT2D eigenvalue weighted by Gasteiger charge is -2.11. The van der Waals surface area contributed by atoms with Crippen LogP contribution in [0.15, 0.2) is 65.8 Å². The van der Waals surface area contributed by atoms with Crippen molar-refractivity contribution in [3.8, 4) is 5.75 Å². The Hall–Kier alpha value is -3.46. The molecule has 0 atom stereocenters. The molecule has 8 nitrogen and oxygen atoms in total. The lowest BCUT2D eigenvalue weighted by molar-refractivity contribution is -0.118. The van der Waals surface area contributed by atoms with Gasteiger partial charge in [0, 0.05) is 18.1 Å². The van der Waals surface area contributed by atoms with Gasteiger partial charge in [0.1, 0.15) is 5.75 Å². The average Bonchev–Trinajstić information content (AvgIpc) is 2.68. The number of hydrogen-bond acceptors (Lipinski definition) is 6. The van der Waals surface area contributed by atoms with E-state index in [1.807, 2.05) is 32.0 Å². The second-order valence-corrected chi connectivity index (χ2v) is 7.99. The lowest BCUT2D eigenvalue weighted by atomic mass is 10.1. The van der Waals surface area contributed by atoms with Crippen LogP contribution in [0.3, 0.4) is 0 Å². The van der Waals surface area contributed by atoms with Gasteiger partial charge in [-0.1, -0.05) is 17.7 Å². The maximum Gasteiger partial charge on any atom is 0.264 e. The number of carbonyl (C=O) groups excluding carboxylic acids is 1. The molecule has 1 aromatic heterocycles. The number of nitrogens with one attached hydrogen (secondary N) is 2. The van der Waals surface area contributed by atoms with Crippen LogP contribution in [0.25, 0.3) is 0 Å². The highest BCUT2D eigenvalue weighted by Gasteiger charge is 2.15. The molecule has 0 aliphatic rings. The molecule has 3 rings (SSSR count).